The Morgan fingerprint density at radius 1 is 0.600 bits per heavy atom. The Hall–Kier alpha value is 0.432. The molecule has 0 fully saturated rings. The third-order valence-electron chi connectivity index (χ3n) is 1.33. The predicted octanol–water partition coefficient (Wildman–Crippen LogP) is 3.09. The van der Waals surface area contributed by atoms with Gasteiger partial charge >= 0.3 is 0 Å². The molecule has 0 aromatic heterocycles. The summed E-state index contributed by atoms with van der Waals surface area (Å²) in [4.78, 5) is 0. The van der Waals surface area contributed by atoms with Gasteiger partial charge in [-0.2, -0.15) is 0 Å². The van der Waals surface area contributed by atoms with Crippen molar-refractivity contribution >= 4 is 12.4 Å². The molecule has 0 nitrogen and oxygen atoms in total. The zero-order chi connectivity index (χ0) is 5.66. The van der Waals surface area contributed by atoms with Crippen LogP contribution in [0.5, 0.6) is 0 Å². The first-order chi connectivity index (χ1) is 4.00. The van der Waals surface area contributed by atoms with Crippen molar-refractivity contribution in [1.29, 1.82) is 0 Å². The molecule has 0 aromatic carbocycles. The largest absolute Gasteiger partial charge is 0.147 e. The van der Waals surface area contributed by atoms with Gasteiger partial charge in [0.1, 0.15) is 0 Å². The van der Waals surface area contributed by atoms with Crippen LogP contribution in [-0.4, -0.2) is 0 Å². The van der Waals surface area contributed by atoms with Crippen LogP contribution < -0.4 is 0 Å². The summed E-state index contributed by atoms with van der Waals surface area (Å²) in [6.07, 6.45) is 14.0. The van der Waals surface area contributed by atoms with Gasteiger partial charge in [0.2, 0.25) is 0 Å². The summed E-state index contributed by atoms with van der Waals surface area (Å²) in [6, 6.07) is 0. The fraction of sp³-hybridized carbons (Fsp3) is 0.500. The Kier molecular flexibility index (Phi) is 12.3. The number of rotatable bonds is 0. The smallest absolute Gasteiger partial charge is 0 e. The summed E-state index contributed by atoms with van der Waals surface area (Å²) in [7, 11) is 0. The first-order valence-corrected chi connectivity index (χ1v) is 3.30. The average Bonchev–Trinajstić information content (AvgIpc) is 1.62. The van der Waals surface area contributed by atoms with Crippen LogP contribution in [0.25, 0.3) is 0 Å². The maximum absolute atomic E-state index is 2.27. The quantitative estimate of drug-likeness (QED) is 0.458. The van der Waals surface area contributed by atoms with E-state index < -0.39 is 0 Å². The van der Waals surface area contributed by atoms with Gasteiger partial charge in [0, 0.05) is 20.4 Å². The number of allylic oxidation sites excluding steroid dienone is 4. The van der Waals surface area contributed by atoms with Gasteiger partial charge in [0.05, 0.1) is 0 Å². The van der Waals surface area contributed by atoms with E-state index in [2.05, 4.69) is 24.3 Å². The summed E-state index contributed by atoms with van der Waals surface area (Å²) in [5, 5.41) is 0. The Bertz CT molecular complexity index is 81.8. The van der Waals surface area contributed by atoms with Crippen molar-refractivity contribution < 1.29 is 20.4 Å². The van der Waals surface area contributed by atoms with Crippen molar-refractivity contribution in [1.82, 2.24) is 0 Å². The second-order valence-electron chi connectivity index (χ2n) is 2.10. The summed E-state index contributed by atoms with van der Waals surface area (Å²) in [6.45, 7) is 0. The number of hydrogen-bond acceptors (Lipinski definition) is 0. The maximum Gasteiger partial charge on any atom is 0 e. The molecular formula is C8H13ClPd. The first-order valence-electron chi connectivity index (χ1n) is 3.30. The molecule has 0 bridgehead atoms. The fourth-order valence-electron chi connectivity index (χ4n) is 0.856. The molecule has 0 unspecified atom stereocenters. The molecule has 0 aromatic rings. The Balaban J connectivity index is 0. The molecule has 0 heterocycles. The van der Waals surface area contributed by atoms with Gasteiger partial charge in [0.15, 0.2) is 0 Å². The van der Waals surface area contributed by atoms with Gasteiger partial charge in [-0.3, -0.25) is 0 Å². The molecule has 0 spiro atoms. The van der Waals surface area contributed by atoms with Gasteiger partial charge in [-0.25, -0.2) is 0 Å². The fourth-order valence-corrected chi connectivity index (χ4v) is 0.856. The molecular weight excluding hydrogens is 238 g/mol. The third kappa shape index (κ3) is 6.55. The summed E-state index contributed by atoms with van der Waals surface area (Å²) >= 11 is 0. The van der Waals surface area contributed by atoms with E-state index >= 15 is 0 Å². The molecule has 10 heavy (non-hydrogen) atoms. The van der Waals surface area contributed by atoms with E-state index in [9.17, 15) is 0 Å². The number of hydrogen-bond donors (Lipinski definition) is 0. The van der Waals surface area contributed by atoms with Gasteiger partial charge in [-0.05, 0) is 25.7 Å². The van der Waals surface area contributed by atoms with Crippen LogP contribution in [0.4, 0.5) is 0 Å². The molecule has 0 aliphatic heterocycles. The molecule has 0 saturated heterocycles. The molecule has 0 saturated carbocycles. The van der Waals surface area contributed by atoms with E-state index in [1.165, 1.54) is 25.7 Å². The van der Waals surface area contributed by atoms with Gasteiger partial charge in [-0.1, -0.05) is 24.3 Å². The Labute approximate surface area is 82.8 Å². The van der Waals surface area contributed by atoms with Crippen molar-refractivity contribution in [2.24, 2.45) is 0 Å². The molecule has 0 radical (unpaired) electrons. The van der Waals surface area contributed by atoms with Crippen molar-refractivity contribution in [3.63, 3.8) is 0 Å². The minimum Gasteiger partial charge on any atom is -0.147 e. The van der Waals surface area contributed by atoms with Crippen molar-refractivity contribution in [2.75, 3.05) is 0 Å². The van der Waals surface area contributed by atoms with Crippen LogP contribution in [0.1, 0.15) is 25.7 Å². The molecule has 0 atom stereocenters. The molecule has 1 rings (SSSR count). The molecule has 1 aliphatic carbocycles. The monoisotopic (exact) mass is 250 g/mol. The van der Waals surface area contributed by atoms with Crippen molar-refractivity contribution in [3.8, 4) is 0 Å². The van der Waals surface area contributed by atoms with Crippen LogP contribution in [-0.2, 0) is 20.4 Å². The van der Waals surface area contributed by atoms with Crippen molar-refractivity contribution in [3.05, 3.63) is 24.3 Å². The molecule has 0 N–H and O–H groups in total. The Morgan fingerprint density at radius 3 is 1.00 bits per heavy atom. The summed E-state index contributed by atoms with van der Waals surface area (Å²) in [5.74, 6) is 0. The first kappa shape index (κ1) is 13.1. The van der Waals surface area contributed by atoms with Crippen LogP contribution >= 0.6 is 12.4 Å². The zero-order valence-corrected chi connectivity index (χ0v) is 8.23. The normalized spacial score (nSPS) is 22.4. The second-order valence-corrected chi connectivity index (χ2v) is 2.10. The third-order valence-corrected chi connectivity index (χ3v) is 1.33. The predicted molar refractivity (Wildman–Crippen MR) is 44.0 cm³/mol. The van der Waals surface area contributed by atoms with E-state index in [1.54, 1.807) is 0 Å². The zero-order valence-electron chi connectivity index (χ0n) is 5.86. The minimum atomic E-state index is 0. The van der Waals surface area contributed by atoms with Crippen LogP contribution in [0.15, 0.2) is 24.3 Å². The van der Waals surface area contributed by atoms with Gasteiger partial charge in [-0.15, -0.1) is 12.4 Å². The Morgan fingerprint density at radius 2 is 0.800 bits per heavy atom. The number of halogens is 1. The van der Waals surface area contributed by atoms with Crippen LogP contribution in [0.2, 0.25) is 0 Å². The van der Waals surface area contributed by atoms with E-state index in [-0.39, 0.29) is 32.8 Å². The van der Waals surface area contributed by atoms with Crippen molar-refractivity contribution in [2.45, 2.75) is 25.7 Å². The SMILES string of the molecule is C1=C\CC/C=C\CC/1.Cl.[Pd]. The average molecular weight is 251 g/mol. The van der Waals surface area contributed by atoms with E-state index in [4.69, 9.17) is 0 Å². The van der Waals surface area contributed by atoms with Gasteiger partial charge in [0.25, 0.3) is 0 Å². The molecule has 0 amide bonds. The van der Waals surface area contributed by atoms with E-state index in [0.29, 0.717) is 0 Å². The standard InChI is InChI=1S/C8H12.ClH.Pd/c1-2-4-6-8-7-5-3-1;;/h1-2,7-8H,3-6H2;1H;/b2-1-,8-7-;;. The maximum atomic E-state index is 2.27. The molecule has 1 aliphatic rings. The van der Waals surface area contributed by atoms with Crippen LogP contribution in [0, 0.1) is 0 Å². The minimum absolute atomic E-state index is 0. The second kappa shape index (κ2) is 9.43. The molecule has 2 heteroatoms. The summed E-state index contributed by atoms with van der Waals surface area (Å²) < 4.78 is 0. The topological polar surface area (TPSA) is 0 Å². The molecule has 62 valence electrons. The van der Waals surface area contributed by atoms with E-state index in [1.807, 2.05) is 0 Å². The van der Waals surface area contributed by atoms with E-state index in [0.717, 1.165) is 0 Å². The summed E-state index contributed by atoms with van der Waals surface area (Å²) in [5.41, 5.74) is 0. The van der Waals surface area contributed by atoms with Crippen LogP contribution in [0.3, 0.4) is 0 Å². The van der Waals surface area contributed by atoms with Gasteiger partial charge < -0.3 is 0 Å².